The lowest BCUT2D eigenvalue weighted by molar-refractivity contribution is -0.258. The van der Waals surface area contributed by atoms with Crippen LogP contribution in [0.5, 0.6) is 0 Å². The molecule has 1 aromatic carbocycles. The van der Waals surface area contributed by atoms with Crippen molar-refractivity contribution in [3.8, 4) is 10.6 Å². The zero-order valence-corrected chi connectivity index (χ0v) is 17.3. The van der Waals surface area contributed by atoms with Crippen LogP contribution >= 0.6 is 11.3 Å². The van der Waals surface area contributed by atoms with Crippen molar-refractivity contribution < 1.29 is 26.7 Å². The molecule has 0 bridgehead atoms. The van der Waals surface area contributed by atoms with Crippen molar-refractivity contribution in [3.05, 3.63) is 53.7 Å². The van der Waals surface area contributed by atoms with E-state index in [1.807, 2.05) is 13.0 Å². The van der Waals surface area contributed by atoms with Crippen molar-refractivity contribution in [2.45, 2.75) is 29.8 Å². The van der Waals surface area contributed by atoms with Crippen LogP contribution in [0.4, 0.5) is 18.9 Å². The van der Waals surface area contributed by atoms with E-state index in [-0.39, 0.29) is 9.90 Å². The molecular formula is C18H18F3N3O3S2. The van der Waals surface area contributed by atoms with E-state index in [4.69, 9.17) is 0 Å². The van der Waals surface area contributed by atoms with E-state index in [9.17, 15) is 26.7 Å². The largest absolute Gasteiger partial charge is 0.421 e. The van der Waals surface area contributed by atoms with Gasteiger partial charge >= 0.3 is 6.18 Å². The predicted octanol–water partition coefficient (Wildman–Crippen LogP) is 4.03. The third-order valence-corrected chi connectivity index (χ3v) is 7.44. The lowest BCUT2D eigenvalue weighted by Crippen LogP contribution is -2.39. The fourth-order valence-corrected chi connectivity index (χ4v) is 4.84. The van der Waals surface area contributed by atoms with Crippen LogP contribution < -0.4 is 4.72 Å². The summed E-state index contributed by atoms with van der Waals surface area (Å²) in [5, 5.41) is 14.0. The molecule has 0 fully saturated rings. The van der Waals surface area contributed by atoms with Crippen molar-refractivity contribution in [1.29, 1.82) is 0 Å². The van der Waals surface area contributed by atoms with Gasteiger partial charge in [0.05, 0.1) is 4.88 Å². The zero-order valence-electron chi connectivity index (χ0n) is 15.6. The van der Waals surface area contributed by atoms with Gasteiger partial charge in [0, 0.05) is 18.4 Å². The number of rotatable bonds is 5. The number of aryl methyl sites for hydroxylation is 2. The molecule has 1 unspecified atom stereocenters. The second-order valence-electron chi connectivity index (χ2n) is 6.67. The number of benzene rings is 1. The molecule has 0 spiro atoms. The second kappa shape index (κ2) is 7.15. The molecule has 2 heterocycles. The quantitative estimate of drug-likeness (QED) is 0.621. The minimum atomic E-state index is -4.86. The van der Waals surface area contributed by atoms with Crippen LogP contribution in [-0.4, -0.2) is 29.5 Å². The summed E-state index contributed by atoms with van der Waals surface area (Å²) in [6.07, 6.45) is -4.86. The molecular weight excluding hydrogens is 427 g/mol. The number of nitrogens with one attached hydrogen (secondary N) is 1. The van der Waals surface area contributed by atoms with Gasteiger partial charge in [0.2, 0.25) is 0 Å². The molecule has 1 atom stereocenters. The normalized spacial score (nSPS) is 14.6. The number of alkyl halides is 3. The fraction of sp³-hybridized carbons (Fsp3) is 0.278. The van der Waals surface area contributed by atoms with E-state index >= 15 is 0 Å². The first-order valence-electron chi connectivity index (χ1n) is 8.34. The first kappa shape index (κ1) is 21.3. The minimum Gasteiger partial charge on any atom is -0.376 e. The Labute approximate surface area is 169 Å². The Morgan fingerprint density at radius 2 is 1.76 bits per heavy atom. The van der Waals surface area contributed by atoms with E-state index < -0.39 is 27.4 Å². The Kier molecular flexibility index (Phi) is 5.26. The Hall–Kier alpha value is -2.37. The van der Waals surface area contributed by atoms with Gasteiger partial charge in [-0.2, -0.15) is 18.3 Å². The van der Waals surface area contributed by atoms with Gasteiger partial charge in [-0.15, -0.1) is 11.3 Å². The standard InChI is InChI=1S/C18H18F3N3O3S2/c1-11-10-14(22-24(11)3)15-8-9-16(28-15)29(26,27)23-13-6-4-12(5-7-13)17(2,25)18(19,20)21/h4-10,23,25H,1-3H3. The van der Waals surface area contributed by atoms with Crippen molar-refractivity contribution in [1.82, 2.24) is 9.78 Å². The Morgan fingerprint density at radius 1 is 1.14 bits per heavy atom. The smallest absolute Gasteiger partial charge is 0.376 e. The van der Waals surface area contributed by atoms with E-state index in [2.05, 4.69) is 9.82 Å². The number of hydrogen-bond donors (Lipinski definition) is 2. The van der Waals surface area contributed by atoms with Crippen LogP contribution in [0.25, 0.3) is 10.6 Å². The van der Waals surface area contributed by atoms with Gasteiger partial charge < -0.3 is 5.11 Å². The van der Waals surface area contributed by atoms with E-state index in [1.165, 1.54) is 18.2 Å². The van der Waals surface area contributed by atoms with Crippen molar-refractivity contribution in [2.24, 2.45) is 7.05 Å². The monoisotopic (exact) mass is 445 g/mol. The van der Waals surface area contributed by atoms with Gasteiger partial charge in [0.1, 0.15) is 9.90 Å². The Balaban J connectivity index is 1.81. The predicted molar refractivity (Wildman–Crippen MR) is 104 cm³/mol. The highest BCUT2D eigenvalue weighted by Gasteiger charge is 2.51. The summed E-state index contributed by atoms with van der Waals surface area (Å²) >= 11 is 1.03. The van der Waals surface area contributed by atoms with Crippen LogP contribution in [0.15, 0.2) is 46.7 Å². The molecule has 0 saturated heterocycles. The summed E-state index contributed by atoms with van der Waals surface area (Å²) < 4.78 is 68.0. The number of nitrogens with zero attached hydrogens (tertiary/aromatic N) is 2. The highest BCUT2D eigenvalue weighted by molar-refractivity contribution is 7.94. The van der Waals surface area contributed by atoms with Crippen LogP contribution in [-0.2, 0) is 22.7 Å². The third kappa shape index (κ3) is 4.16. The summed E-state index contributed by atoms with van der Waals surface area (Å²) in [5.74, 6) is 0. The number of aromatic nitrogens is 2. The first-order valence-corrected chi connectivity index (χ1v) is 10.6. The number of anilines is 1. The highest BCUT2D eigenvalue weighted by atomic mass is 32.2. The second-order valence-corrected chi connectivity index (χ2v) is 9.66. The molecule has 156 valence electrons. The summed E-state index contributed by atoms with van der Waals surface area (Å²) in [6.45, 7) is 2.52. The topological polar surface area (TPSA) is 84.2 Å². The molecule has 0 amide bonds. The van der Waals surface area contributed by atoms with Gasteiger partial charge in [0.15, 0.2) is 5.60 Å². The summed E-state index contributed by atoms with van der Waals surface area (Å²) in [6, 6.07) is 9.32. The minimum absolute atomic E-state index is 0.0437. The van der Waals surface area contributed by atoms with Gasteiger partial charge in [-0.05, 0) is 49.7 Å². The molecule has 29 heavy (non-hydrogen) atoms. The molecule has 2 N–H and O–H groups in total. The molecule has 3 rings (SSSR count). The number of halogens is 3. The van der Waals surface area contributed by atoms with E-state index in [0.717, 1.165) is 29.2 Å². The number of aliphatic hydroxyl groups is 1. The number of sulfonamides is 1. The number of hydrogen-bond acceptors (Lipinski definition) is 5. The first-order chi connectivity index (χ1) is 13.3. The van der Waals surface area contributed by atoms with Gasteiger partial charge in [-0.25, -0.2) is 8.42 Å². The lowest BCUT2D eigenvalue weighted by atomic mass is 9.95. The maximum atomic E-state index is 12.9. The highest BCUT2D eigenvalue weighted by Crippen LogP contribution is 2.39. The average molecular weight is 445 g/mol. The van der Waals surface area contributed by atoms with Gasteiger partial charge in [0.25, 0.3) is 10.0 Å². The zero-order chi connectivity index (χ0) is 21.6. The molecule has 3 aromatic rings. The van der Waals surface area contributed by atoms with Gasteiger partial charge in [-0.1, -0.05) is 12.1 Å². The van der Waals surface area contributed by atoms with Crippen molar-refractivity contribution in [3.63, 3.8) is 0 Å². The number of thiophene rings is 1. The molecule has 2 aromatic heterocycles. The average Bonchev–Trinajstić information content (AvgIpc) is 3.22. The van der Waals surface area contributed by atoms with Crippen LogP contribution in [0.3, 0.4) is 0 Å². The fourth-order valence-electron chi connectivity index (χ4n) is 2.52. The van der Waals surface area contributed by atoms with Gasteiger partial charge in [-0.3, -0.25) is 9.40 Å². The SMILES string of the molecule is Cc1cc(-c2ccc(S(=O)(=O)Nc3ccc(C(C)(O)C(F)(F)F)cc3)s2)nn1C. The molecule has 0 radical (unpaired) electrons. The van der Waals surface area contributed by atoms with Crippen molar-refractivity contribution >= 4 is 27.0 Å². The summed E-state index contributed by atoms with van der Waals surface area (Å²) in [5.41, 5.74) is -1.78. The molecule has 11 heteroatoms. The molecule has 0 aliphatic heterocycles. The summed E-state index contributed by atoms with van der Waals surface area (Å²) in [7, 11) is -2.15. The third-order valence-electron chi connectivity index (χ3n) is 4.46. The van der Waals surface area contributed by atoms with Crippen LogP contribution in [0.2, 0.25) is 0 Å². The Morgan fingerprint density at radius 3 is 2.28 bits per heavy atom. The molecule has 0 aliphatic carbocycles. The molecule has 6 nitrogen and oxygen atoms in total. The molecule has 0 aliphatic rings. The van der Waals surface area contributed by atoms with Crippen LogP contribution in [0, 0.1) is 6.92 Å². The van der Waals surface area contributed by atoms with Crippen molar-refractivity contribution in [2.75, 3.05) is 4.72 Å². The van der Waals surface area contributed by atoms with E-state index in [1.54, 1.807) is 17.8 Å². The lowest BCUT2D eigenvalue weighted by Gasteiger charge is -2.26. The Bertz CT molecular complexity index is 1110. The maximum absolute atomic E-state index is 12.9. The molecule has 0 saturated carbocycles. The summed E-state index contributed by atoms with van der Waals surface area (Å²) in [4.78, 5) is 0.672. The maximum Gasteiger partial charge on any atom is 0.421 e. The van der Waals surface area contributed by atoms with E-state index in [0.29, 0.717) is 17.5 Å². The van der Waals surface area contributed by atoms with Crippen LogP contribution in [0.1, 0.15) is 18.2 Å².